The molecule has 0 aromatic carbocycles. The smallest absolute Gasteiger partial charge is 0.237 e. The van der Waals surface area contributed by atoms with E-state index in [1.54, 1.807) is 0 Å². The zero-order chi connectivity index (χ0) is 14.2. The van der Waals surface area contributed by atoms with Crippen LogP contribution in [-0.2, 0) is 11.3 Å². The van der Waals surface area contributed by atoms with Gasteiger partial charge in [-0.25, -0.2) is 0 Å². The number of primary amides is 1. The van der Waals surface area contributed by atoms with Crippen LogP contribution in [0.25, 0.3) is 0 Å². The highest BCUT2D eigenvalue weighted by Gasteiger charge is 2.43. The van der Waals surface area contributed by atoms with E-state index in [0.29, 0.717) is 6.42 Å². The van der Waals surface area contributed by atoms with Crippen molar-refractivity contribution in [3.8, 4) is 0 Å². The van der Waals surface area contributed by atoms with Crippen LogP contribution in [0.3, 0.4) is 0 Å². The first-order valence-electron chi connectivity index (χ1n) is 6.95. The summed E-state index contributed by atoms with van der Waals surface area (Å²) in [6.45, 7) is 6.98. The molecule has 2 unspecified atom stereocenters. The van der Waals surface area contributed by atoms with E-state index >= 15 is 0 Å². The molecule has 1 aliphatic carbocycles. The molecule has 1 fully saturated rings. The summed E-state index contributed by atoms with van der Waals surface area (Å²) in [5.41, 5.74) is 14.3. The third-order valence-corrected chi connectivity index (χ3v) is 4.76. The summed E-state index contributed by atoms with van der Waals surface area (Å²) in [6.07, 6.45) is 3.54. The van der Waals surface area contributed by atoms with Gasteiger partial charge in [-0.3, -0.25) is 9.48 Å². The van der Waals surface area contributed by atoms with Crippen LogP contribution in [0.1, 0.15) is 42.6 Å². The minimum Gasteiger partial charge on any atom is -0.368 e. The van der Waals surface area contributed by atoms with Crippen LogP contribution in [-0.4, -0.2) is 21.2 Å². The predicted molar refractivity (Wildman–Crippen MR) is 74.5 cm³/mol. The number of hydrogen-bond donors (Lipinski definition) is 2. The Balaban J connectivity index is 2.06. The standard InChI is InChI=1S/C14H24N4O/c1-9-10(2)17-18(11(9)3)8-6-12-5-4-7-14(12,16)13(15)19/h12H,4-8,16H2,1-3H3,(H2,15,19). The van der Waals surface area contributed by atoms with E-state index in [0.717, 1.165) is 31.5 Å². The maximum absolute atomic E-state index is 11.5. The molecule has 4 N–H and O–H groups in total. The number of aryl methyl sites for hydroxylation is 2. The highest BCUT2D eigenvalue weighted by atomic mass is 16.1. The van der Waals surface area contributed by atoms with E-state index in [-0.39, 0.29) is 11.8 Å². The topological polar surface area (TPSA) is 86.9 Å². The minimum absolute atomic E-state index is 0.175. The largest absolute Gasteiger partial charge is 0.368 e. The molecule has 1 heterocycles. The van der Waals surface area contributed by atoms with Crippen LogP contribution in [0.2, 0.25) is 0 Å². The van der Waals surface area contributed by atoms with Gasteiger partial charge in [0.25, 0.3) is 0 Å². The van der Waals surface area contributed by atoms with E-state index in [9.17, 15) is 4.79 Å². The second-order valence-electron chi connectivity index (χ2n) is 5.80. The molecule has 2 atom stereocenters. The summed E-state index contributed by atoms with van der Waals surface area (Å²) in [4.78, 5) is 11.5. The van der Waals surface area contributed by atoms with Crippen LogP contribution in [0, 0.1) is 26.7 Å². The molecule has 2 rings (SSSR count). The van der Waals surface area contributed by atoms with Gasteiger partial charge in [0.15, 0.2) is 0 Å². The molecule has 1 aromatic heterocycles. The second-order valence-corrected chi connectivity index (χ2v) is 5.80. The molecular weight excluding hydrogens is 240 g/mol. The maximum atomic E-state index is 11.5. The Morgan fingerprint density at radius 3 is 2.68 bits per heavy atom. The molecule has 106 valence electrons. The number of nitrogens with zero attached hydrogens (tertiary/aromatic N) is 2. The predicted octanol–water partition coefficient (Wildman–Crippen LogP) is 1.18. The molecule has 0 saturated heterocycles. The Morgan fingerprint density at radius 1 is 1.47 bits per heavy atom. The maximum Gasteiger partial charge on any atom is 0.237 e. The van der Waals surface area contributed by atoms with Gasteiger partial charge in [-0.05, 0) is 51.5 Å². The van der Waals surface area contributed by atoms with Crippen LogP contribution in [0.15, 0.2) is 0 Å². The Labute approximate surface area is 114 Å². The lowest BCUT2D eigenvalue weighted by atomic mass is 9.85. The van der Waals surface area contributed by atoms with Gasteiger partial charge in [0, 0.05) is 12.2 Å². The number of aromatic nitrogens is 2. The van der Waals surface area contributed by atoms with Crippen molar-refractivity contribution in [3.05, 3.63) is 17.0 Å². The van der Waals surface area contributed by atoms with Crippen LogP contribution < -0.4 is 11.5 Å². The van der Waals surface area contributed by atoms with Crippen molar-refractivity contribution in [2.75, 3.05) is 0 Å². The number of nitrogens with two attached hydrogens (primary N) is 2. The molecular formula is C14H24N4O. The summed E-state index contributed by atoms with van der Waals surface area (Å²) in [6, 6.07) is 0. The first-order chi connectivity index (χ1) is 8.86. The molecule has 1 aromatic rings. The van der Waals surface area contributed by atoms with Crippen LogP contribution >= 0.6 is 0 Å². The SMILES string of the molecule is Cc1nn(CCC2CCCC2(N)C(N)=O)c(C)c1C. The second kappa shape index (κ2) is 4.96. The van der Waals surface area contributed by atoms with Gasteiger partial charge in [-0.1, -0.05) is 6.42 Å². The lowest BCUT2D eigenvalue weighted by Crippen LogP contribution is -2.54. The number of rotatable bonds is 4. The highest BCUT2D eigenvalue weighted by Crippen LogP contribution is 2.36. The molecule has 5 nitrogen and oxygen atoms in total. The van der Waals surface area contributed by atoms with E-state index in [4.69, 9.17) is 11.5 Å². The van der Waals surface area contributed by atoms with Crippen LogP contribution in [0.5, 0.6) is 0 Å². The number of amides is 1. The van der Waals surface area contributed by atoms with Gasteiger partial charge in [-0.2, -0.15) is 5.10 Å². The molecule has 0 radical (unpaired) electrons. The molecule has 0 aliphatic heterocycles. The summed E-state index contributed by atoms with van der Waals surface area (Å²) in [5, 5.41) is 4.52. The molecule has 19 heavy (non-hydrogen) atoms. The highest BCUT2D eigenvalue weighted by molar-refractivity contribution is 5.85. The zero-order valence-electron chi connectivity index (χ0n) is 12.1. The van der Waals surface area contributed by atoms with Crippen molar-refractivity contribution >= 4 is 5.91 Å². The van der Waals surface area contributed by atoms with Crippen LogP contribution in [0.4, 0.5) is 0 Å². The monoisotopic (exact) mass is 264 g/mol. The van der Waals surface area contributed by atoms with Crippen molar-refractivity contribution in [1.82, 2.24) is 9.78 Å². The summed E-state index contributed by atoms with van der Waals surface area (Å²) in [5.74, 6) is -0.186. The van der Waals surface area contributed by atoms with Crippen molar-refractivity contribution < 1.29 is 4.79 Å². The fraction of sp³-hybridized carbons (Fsp3) is 0.714. The van der Waals surface area contributed by atoms with Crippen molar-refractivity contribution in [2.24, 2.45) is 17.4 Å². The Hall–Kier alpha value is -1.36. The molecule has 5 heteroatoms. The quantitative estimate of drug-likeness (QED) is 0.856. The van der Waals surface area contributed by atoms with Crippen molar-refractivity contribution in [2.45, 2.75) is 58.5 Å². The summed E-state index contributed by atoms with van der Waals surface area (Å²) >= 11 is 0. The van der Waals surface area contributed by atoms with Gasteiger partial charge in [-0.15, -0.1) is 0 Å². The van der Waals surface area contributed by atoms with Gasteiger partial charge in [0.2, 0.25) is 5.91 Å². The van der Waals surface area contributed by atoms with E-state index in [1.165, 1.54) is 11.3 Å². The Kier molecular flexibility index (Phi) is 3.67. The van der Waals surface area contributed by atoms with E-state index in [1.807, 2.05) is 11.6 Å². The molecule has 0 spiro atoms. The fourth-order valence-corrected chi connectivity index (χ4v) is 3.11. The van der Waals surface area contributed by atoms with Gasteiger partial charge < -0.3 is 11.5 Å². The van der Waals surface area contributed by atoms with E-state index in [2.05, 4.69) is 18.9 Å². The van der Waals surface area contributed by atoms with Crippen molar-refractivity contribution in [3.63, 3.8) is 0 Å². The fourth-order valence-electron chi connectivity index (χ4n) is 3.11. The third kappa shape index (κ3) is 2.39. The molecule has 1 amide bonds. The third-order valence-electron chi connectivity index (χ3n) is 4.76. The summed E-state index contributed by atoms with van der Waals surface area (Å²) in [7, 11) is 0. The Morgan fingerprint density at radius 2 is 2.16 bits per heavy atom. The Bertz CT molecular complexity index is 494. The lowest BCUT2D eigenvalue weighted by Gasteiger charge is -2.28. The molecule has 0 bridgehead atoms. The molecule has 1 saturated carbocycles. The number of carbonyl (C=O) groups is 1. The zero-order valence-corrected chi connectivity index (χ0v) is 12.1. The van der Waals surface area contributed by atoms with Gasteiger partial charge >= 0.3 is 0 Å². The summed E-state index contributed by atoms with van der Waals surface area (Å²) < 4.78 is 2.02. The first-order valence-corrected chi connectivity index (χ1v) is 6.95. The first kappa shape index (κ1) is 14.1. The lowest BCUT2D eigenvalue weighted by molar-refractivity contribution is -0.124. The number of carbonyl (C=O) groups excluding carboxylic acids is 1. The van der Waals surface area contributed by atoms with Gasteiger partial charge in [0.1, 0.15) is 0 Å². The van der Waals surface area contributed by atoms with Crippen molar-refractivity contribution in [1.29, 1.82) is 0 Å². The normalized spacial score (nSPS) is 26.8. The molecule has 1 aliphatic rings. The average Bonchev–Trinajstić information content (AvgIpc) is 2.84. The van der Waals surface area contributed by atoms with Gasteiger partial charge in [0.05, 0.1) is 11.2 Å². The average molecular weight is 264 g/mol. The number of hydrogen-bond acceptors (Lipinski definition) is 3. The van der Waals surface area contributed by atoms with E-state index < -0.39 is 5.54 Å². The minimum atomic E-state index is -0.814.